The van der Waals surface area contributed by atoms with E-state index in [0.717, 1.165) is 52.0 Å². The summed E-state index contributed by atoms with van der Waals surface area (Å²) >= 11 is 0. The Morgan fingerprint density at radius 3 is 3.06 bits per heavy atom. The number of rotatable bonds is 2. The predicted octanol–water partition coefficient (Wildman–Crippen LogP) is 1.58. The molecule has 0 aromatic heterocycles. The average Bonchev–Trinajstić information content (AvgIpc) is 3.10. The zero-order chi connectivity index (χ0) is 12.6. The monoisotopic (exact) mass is 253 g/mol. The maximum absolute atomic E-state index is 12.3. The molecule has 0 N–H and O–H groups in total. The molecular weight excluding hydrogens is 230 g/mol. The van der Waals surface area contributed by atoms with Crippen molar-refractivity contribution in [3.63, 3.8) is 0 Å². The summed E-state index contributed by atoms with van der Waals surface area (Å²) in [5.41, 5.74) is -0.0328. The lowest BCUT2D eigenvalue weighted by Crippen LogP contribution is -2.40. The van der Waals surface area contributed by atoms with Crippen molar-refractivity contribution in [1.82, 2.24) is 4.90 Å². The van der Waals surface area contributed by atoms with Gasteiger partial charge in [-0.1, -0.05) is 13.3 Å². The van der Waals surface area contributed by atoms with Crippen molar-refractivity contribution in [3.05, 3.63) is 0 Å². The third kappa shape index (κ3) is 2.16. The molecule has 3 rings (SSSR count). The quantitative estimate of drug-likeness (QED) is 0.750. The average molecular weight is 253 g/mol. The van der Waals surface area contributed by atoms with Crippen LogP contribution in [0.1, 0.15) is 39.0 Å². The molecule has 4 heteroatoms. The van der Waals surface area contributed by atoms with Gasteiger partial charge in [0.15, 0.2) is 0 Å². The lowest BCUT2D eigenvalue weighted by Gasteiger charge is -2.24. The number of carbonyl (C=O) groups excluding carboxylic acids is 1. The van der Waals surface area contributed by atoms with Crippen molar-refractivity contribution >= 4 is 5.91 Å². The molecule has 0 bridgehead atoms. The second kappa shape index (κ2) is 4.82. The van der Waals surface area contributed by atoms with E-state index < -0.39 is 0 Å². The van der Waals surface area contributed by atoms with Gasteiger partial charge in [0, 0.05) is 19.7 Å². The molecule has 3 heterocycles. The Morgan fingerprint density at radius 1 is 1.50 bits per heavy atom. The Kier molecular flexibility index (Phi) is 3.32. The minimum Gasteiger partial charge on any atom is -0.373 e. The summed E-state index contributed by atoms with van der Waals surface area (Å²) in [5.74, 6) is 0.871. The standard InChI is InChI=1S/C14H23NO3/c1-2-11-8-14(18-9-11)5-6-15(10-14)13(16)12-4-3-7-17-12/h11-12H,2-10H2,1H3/t11-,12+,14-/m0/s1. The molecule has 4 nitrogen and oxygen atoms in total. The maximum atomic E-state index is 12.3. The van der Waals surface area contributed by atoms with Gasteiger partial charge in [-0.15, -0.1) is 0 Å². The minimum absolute atomic E-state index is 0.0328. The number of carbonyl (C=O) groups is 1. The van der Waals surface area contributed by atoms with Crippen molar-refractivity contribution in [3.8, 4) is 0 Å². The van der Waals surface area contributed by atoms with Crippen LogP contribution >= 0.6 is 0 Å². The summed E-state index contributed by atoms with van der Waals surface area (Å²) < 4.78 is 11.5. The Balaban J connectivity index is 1.59. The molecule has 0 aromatic carbocycles. The molecular formula is C14H23NO3. The molecule has 3 aliphatic heterocycles. The van der Waals surface area contributed by atoms with Gasteiger partial charge in [-0.2, -0.15) is 0 Å². The zero-order valence-electron chi connectivity index (χ0n) is 11.2. The molecule has 3 fully saturated rings. The van der Waals surface area contributed by atoms with Gasteiger partial charge in [-0.25, -0.2) is 0 Å². The number of nitrogens with zero attached hydrogens (tertiary/aromatic N) is 1. The van der Waals surface area contributed by atoms with Crippen molar-refractivity contribution in [2.24, 2.45) is 5.92 Å². The molecule has 1 amide bonds. The molecule has 0 saturated carbocycles. The molecule has 102 valence electrons. The Morgan fingerprint density at radius 2 is 2.39 bits per heavy atom. The second-order valence-electron chi connectivity index (χ2n) is 5.98. The van der Waals surface area contributed by atoms with E-state index in [2.05, 4.69) is 6.92 Å². The highest BCUT2D eigenvalue weighted by molar-refractivity contribution is 5.81. The first kappa shape index (κ1) is 12.4. The SMILES string of the molecule is CC[C@@H]1CO[C@@]2(CCN(C(=O)[C@H]3CCCO3)C2)C1. The van der Waals surface area contributed by atoms with Gasteiger partial charge in [-0.05, 0) is 31.6 Å². The van der Waals surface area contributed by atoms with Crippen LogP contribution in [0.25, 0.3) is 0 Å². The zero-order valence-corrected chi connectivity index (χ0v) is 11.2. The van der Waals surface area contributed by atoms with E-state index in [9.17, 15) is 4.79 Å². The van der Waals surface area contributed by atoms with Gasteiger partial charge >= 0.3 is 0 Å². The van der Waals surface area contributed by atoms with E-state index >= 15 is 0 Å². The van der Waals surface area contributed by atoms with E-state index in [1.807, 2.05) is 4.90 Å². The number of hydrogen-bond acceptors (Lipinski definition) is 3. The molecule has 18 heavy (non-hydrogen) atoms. The van der Waals surface area contributed by atoms with Crippen LogP contribution < -0.4 is 0 Å². The number of amides is 1. The van der Waals surface area contributed by atoms with Crippen LogP contribution in [0.4, 0.5) is 0 Å². The highest BCUT2D eigenvalue weighted by atomic mass is 16.5. The first-order valence-electron chi connectivity index (χ1n) is 7.27. The summed E-state index contributed by atoms with van der Waals surface area (Å²) in [6.07, 6.45) is 5.04. The number of hydrogen-bond donors (Lipinski definition) is 0. The summed E-state index contributed by atoms with van der Waals surface area (Å²) in [5, 5.41) is 0. The summed E-state index contributed by atoms with van der Waals surface area (Å²) in [7, 11) is 0. The van der Waals surface area contributed by atoms with Crippen LogP contribution in [-0.2, 0) is 14.3 Å². The highest BCUT2D eigenvalue weighted by Crippen LogP contribution is 2.39. The third-order valence-electron chi connectivity index (χ3n) is 4.70. The van der Waals surface area contributed by atoms with Crippen LogP contribution in [0.3, 0.4) is 0 Å². The van der Waals surface area contributed by atoms with Crippen molar-refractivity contribution < 1.29 is 14.3 Å². The molecule has 0 aromatic rings. The van der Waals surface area contributed by atoms with Crippen molar-refractivity contribution in [2.75, 3.05) is 26.3 Å². The molecule has 3 atom stereocenters. The predicted molar refractivity (Wildman–Crippen MR) is 67.3 cm³/mol. The van der Waals surface area contributed by atoms with Crippen molar-refractivity contribution in [1.29, 1.82) is 0 Å². The minimum atomic E-state index is -0.177. The fourth-order valence-electron chi connectivity index (χ4n) is 3.49. The molecule has 0 unspecified atom stereocenters. The van der Waals surface area contributed by atoms with Crippen molar-refractivity contribution in [2.45, 2.75) is 50.7 Å². The first-order chi connectivity index (χ1) is 8.72. The van der Waals surface area contributed by atoms with E-state index in [0.29, 0.717) is 5.92 Å². The van der Waals surface area contributed by atoms with E-state index in [1.165, 1.54) is 6.42 Å². The Hall–Kier alpha value is -0.610. The lowest BCUT2D eigenvalue weighted by atomic mass is 9.92. The van der Waals surface area contributed by atoms with E-state index in [1.54, 1.807) is 0 Å². The molecule has 1 spiro atoms. The van der Waals surface area contributed by atoms with Crippen LogP contribution in [0.2, 0.25) is 0 Å². The Bertz CT molecular complexity index is 327. The smallest absolute Gasteiger partial charge is 0.251 e. The fraction of sp³-hybridized carbons (Fsp3) is 0.929. The molecule has 0 aliphatic carbocycles. The van der Waals surface area contributed by atoms with Crippen LogP contribution in [0.5, 0.6) is 0 Å². The van der Waals surface area contributed by atoms with E-state index in [-0.39, 0.29) is 17.6 Å². The number of likely N-dealkylation sites (tertiary alicyclic amines) is 1. The fourth-order valence-corrected chi connectivity index (χ4v) is 3.49. The first-order valence-corrected chi connectivity index (χ1v) is 7.27. The van der Waals surface area contributed by atoms with Gasteiger partial charge in [-0.3, -0.25) is 4.79 Å². The summed E-state index contributed by atoms with van der Waals surface area (Å²) in [6, 6.07) is 0. The summed E-state index contributed by atoms with van der Waals surface area (Å²) in [6.45, 7) is 5.46. The van der Waals surface area contributed by atoms with Gasteiger partial charge < -0.3 is 14.4 Å². The molecule has 0 radical (unpaired) electrons. The molecule has 3 saturated heterocycles. The largest absolute Gasteiger partial charge is 0.373 e. The van der Waals surface area contributed by atoms with Crippen LogP contribution in [0, 0.1) is 5.92 Å². The van der Waals surface area contributed by atoms with Gasteiger partial charge in [0.2, 0.25) is 0 Å². The Labute approximate surface area is 109 Å². The topological polar surface area (TPSA) is 38.8 Å². The van der Waals surface area contributed by atoms with Crippen LogP contribution in [0.15, 0.2) is 0 Å². The normalized spacial score (nSPS) is 39.9. The van der Waals surface area contributed by atoms with Gasteiger partial charge in [0.05, 0.1) is 12.2 Å². The van der Waals surface area contributed by atoms with Gasteiger partial charge in [0.25, 0.3) is 5.91 Å². The summed E-state index contributed by atoms with van der Waals surface area (Å²) in [4.78, 5) is 14.3. The lowest BCUT2D eigenvalue weighted by molar-refractivity contribution is -0.140. The third-order valence-corrected chi connectivity index (χ3v) is 4.70. The van der Waals surface area contributed by atoms with E-state index in [4.69, 9.17) is 9.47 Å². The van der Waals surface area contributed by atoms with Gasteiger partial charge in [0.1, 0.15) is 6.10 Å². The number of ether oxygens (including phenoxy) is 2. The second-order valence-corrected chi connectivity index (χ2v) is 5.98. The maximum Gasteiger partial charge on any atom is 0.251 e. The molecule has 3 aliphatic rings. The highest BCUT2D eigenvalue weighted by Gasteiger charge is 2.47. The van der Waals surface area contributed by atoms with Crippen LogP contribution in [-0.4, -0.2) is 48.8 Å².